The first kappa shape index (κ1) is 10.8. The Labute approximate surface area is 84.7 Å². The molecule has 0 fully saturated rings. The Morgan fingerprint density at radius 3 is 2.64 bits per heavy atom. The third-order valence-electron chi connectivity index (χ3n) is 1.40. The highest BCUT2D eigenvalue weighted by Gasteiger charge is 2.24. The van der Waals surface area contributed by atoms with Crippen molar-refractivity contribution in [2.45, 2.75) is 6.43 Å². The molecule has 1 aromatic heterocycles. The van der Waals surface area contributed by atoms with E-state index in [4.69, 9.17) is 5.11 Å². The van der Waals surface area contributed by atoms with Crippen molar-refractivity contribution in [1.29, 1.82) is 0 Å². The molecule has 1 heterocycles. The van der Waals surface area contributed by atoms with Crippen molar-refractivity contribution < 1.29 is 18.8 Å². The van der Waals surface area contributed by atoms with Crippen molar-refractivity contribution in [2.24, 2.45) is 0 Å². The second kappa shape index (κ2) is 3.82. The smallest absolute Gasteiger partial charge is 0.305 e. The molecule has 76 valence electrons. The van der Waals surface area contributed by atoms with E-state index in [1.165, 1.54) is 0 Å². The maximum absolute atomic E-state index is 12.1. The number of nitro groups is 1. The van der Waals surface area contributed by atoms with E-state index >= 15 is 0 Å². The van der Waals surface area contributed by atoms with Crippen molar-refractivity contribution in [1.82, 2.24) is 4.98 Å². The van der Waals surface area contributed by atoms with E-state index in [-0.39, 0.29) is 0 Å². The highest BCUT2D eigenvalue weighted by atomic mass is 79.9. The summed E-state index contributed by atoms with van der Waals surface area (Å²) in [5.74, 6) is -0.908. The molecule has 0 spiro atoms. The fraction of sp³-hybridized carbons (Fsp3) is 0.167. The zero-order chi connectivity index (χ0) is 10.9. The Bertz CT molecular complexity index is 386. The van der Waals surface area contributed by atoms with Crippen LogP contribution in [0.15, 0.2) is 10.7 Å². The van der Waals surface area contributed by atoms with Crippen LogP contribution in [0.3, 0.4) is 0 Å². The van der Waals surface area contributed by atoms with E-state index < -0.39 is 33.0 Å². The van der Waals surface area contributed by atoms with Gasteiger partial charge in [0, 0.05) is 0 Å². The zero-order valence-electron chi connectivity index (χ0n) is 6.45. The lowest BCUT2D eigenvalue weighted by Gasteiger charge is -2.03. The van der Waals surface area contributed by atoms with Gasteiger partial charge in [-0.15, -0.1) is 0 Å². The van der Waals surface area contributed by atoms with Crippen molar-refractivity contribution in [3.05, 3.63) is 26.5 Å². The molecule has 14 heavy (non-hydrogen) atoms. The second-order valence-corrected chi connectivity index (χ2v) is 3.04. The Morgan fingerprint density at radius 1 is 1.64 bits per heavy atom. The Kier molecular flexibility index (Phi) is 2.94. The minimum atomic E-state index is -2.98. The predicted molar refractivity (Wildman–Crippen MR) is 45.2 cm³/mol. The molecule has 0 aliphatic carbocycles. The van der Waals surface area contributed by atoms with Crippen LogP contribution >= 0.6 is 15.9 Å². The van der Waals surface area contributed by atoms with Crippen LogP contribution < -0.4 is 0 Å². The average molecular weight is 269 g/mol. The molecule has 0 saturated heterocycles. The molecule has 0 aliphatic heterocycles. The molecule has 5 nitrogen and oxygen atoms in total. The summed E-state index contributed by atoms with van der Waals surface area (Å²) in [6.45, 7) is 0. The molecule has 1 rings (SSSR count). The van der Waals surface area contributed by atoms with Crippen molar-refractivity contribution in [3.63, 3.8) is 0 Å². The highest BCUT2D eigenvalue weighted by molar-refractivity contribution is 9.10. The van der Waals surface area contributed by atoms with Crippen LogP contribution in [-0.2, 0) is 0 Å². The van der Waals surface area contributed by atoms with E-state index in [2.05, 4.69) is 20.9 Å². The molecule has 0 radical (unpaired) electrons. The van der Waals surface area contributed by atoms with Crippen LogP contribution in [0, 0.1) is 10.1 Å². The Hall–Kier alpha value is -1.31. The van der Waals surface area contributed by atoms with E-state index in [1.54, 1.807) is 0 Å². The number of pyridine rings is 1. The van der Waals surface area contributed by atoms with Gasteiger partial charge in [0.05, 0.1) is 4.92 Å². The zero-order valence-corrected chi connectivity index (χ0v) is 8.03. The van der Waals surface area contributed by atoms with Crippen LogP contribution in [0.4, 0.5) is 14.5 Å². The minimum absolute atomic E-state index is 0.396. The monoisotopic (exact) mass is 268 g/mol. The van der Waals surface area contributed by atoms with Gasteiger partial charge in [-0.2, -0.15) is 0 Å². The summed E-state index contributed by atoms with van der Waals surface area (Å²) in [5.41, 5.74) is -1.45. The van der Waals surface area contributed by atoms with Gasteiger partial charge in [0.1, 0.15) is 16.4 Å². The first-order chi connectivity index (χ1) is 6.45. The lowest BCUT2D eigenvalue weighted by atomic mass is 10.3. The van der Waals surface area contributed by atoms with Crippen LogP contribution in [-0.4, -0.2) is 15.0 Å². The molecular formula is C6H3BrF2N2O3. The Morgan fingerprint density at radius 2 is 2.21 bits per heavy atom. The number of hydrogen-bond acceptors (Lipinski definition) is 4. The van der Waals surface area contributed by atoms with E-state index in [0.29, 0.717) is 6.20 Å². The number of hydrogen-bond donors (Lipinski definition) is 1. The summed E-state index contributed by atoms with van der Waals surface area (Å²) in [4.78, 5) is 12.5. The fourth-order valence-electron chi connectivity index (χ4n) is 0.769. The summed E-state index contributed by atoms with van der Waals surface area (Å²) in [6.07, 6.45) is -2.32. The van der Waals surface area contributed by atoms with Gasteiger partial charge >= 0.3 is 5.69 Å². The van der Waals surface area contributed by atoms with E-state index in [9.17, 15) is 18.9 Å². The molecule has 0 saturated carbocycles. The molecule has 1 aromatic rings. The molecule has 0 unspecified atom stereocenters. The van der Waals surface area contributed by atoms with Crippen LogP contribution in [0.1, 0.15) is 12.1 Å². The first-order valence-corrected chi connectivity index (χ1v) is 4.04. The van der Waals surface area contributed by atoms with Gasteiger partial charge in [-0.3, -0.25) is 10.1 Å². The third kappa shape index (κ3) is 1.79. The number of aromatic hydroxyl groups is 1. The molecule has 0 amide bonds. The van der Waals surface area contributed by atoms with Crippen LogP contribution in [0.25, 0.3) is 0 Å². The summed E-state index contributed by atoms with van der Waals surface area (Å²) in [5, 5.41) is 19.4. The maximum atomic E-state index is 12.1. The largest absolute Gasteiger partial charge is 0.505 e. The average Bonchev–Trinajstić information content (AvgIpc) is 2.08. The normalized spacial score (nSPS) is 10.6. The lowest BCUT2D eigenvalue weighted by Crippen LogP contribution is -1.96. The quantitative estimate of drug-likeness (QED) is 0.660. The molecule has 0 atom stereocenters. The number of alkyl halides is 2. The number of halogens is 3. The lowest BCUT2D eigenvalue weighted by molar-refractivity contribution is -0.386. The number of rotatable bonds is 2. The van der Waals surface area contributed by atoms with Crippen molar-refractivity contribution in [2.75, 3.05) is 0 Å². The summed E-state index contributed by atoms with van der Waals surface area (Å²) >= 11 is 2.63. The van der Waals surface area contributed by atoms with Gasteiger partial charge in [0.15, 0.2) is 5.75 Å². The molecule has 0 bridgehead atoms. The van der Waals surface area contributed by atoms with Crippen LogP contribution in [0.5, 0.6) is 5.75 Å². The summed E-state index contributed by atoms with van der Waals surface area (Å²) in [7, 11) is 0. The SMILES string of the molecule is O=[N+]([O-])c1cnc(C(F)F)c(O)c1Br. The van der Waals surface area contributed by atoms with Crippen molar-refractivity contribution >= 4 is 21.6 Å². The molecular weight excluding hydrogens is 266 g/mol. The first-order valence-electron chi connectivity index (χ1n) is 3.25. The topological polar surface area (TPSA) is 76.3 Å². The van der Waals surface area contributed by atoms with Crippen LogP contribution in [0.2, 0.25) is 0 Å². The van der Waals surface area contributed by atoms with Gasteiger partial charge < -0.3 is 5.11 Å². The molecule has 0 aromatic carbocycles. The highest BCUT2D eigenvalue weighted by Crippen LogP contribution is 2.38. The standard InChI is InChI=1S/C6H3BrF2N2O3/c7-3-2(11(13)14)1-10-4(5(3)12)6(8)9/h1,6,12H. The van der Waals surface area contributed by atoms with E-state index in [0.717, 1.165) is 0 Å². The third-order valence-corrected chi connectivity index (χ3v) is 2.19. The molecule has 8 heteroatoms. The minimum Gasteiger partial charge on any atom is -0.505 e. The predicted octanol–water partition coefficient (Wildman–Crippen LogP) is 2.40. The maximum Gasteiger partial charge on any atom is 0.305 e. The van der Waals surface area contributed by atoms with Gasteiger partial charge in [-0.25, -0.2) is 13.8 Å². The number of nitrogens with zero attached hydrogens (tertiary/aromatic N) is 2. The van der Waals surface area contributed by atoms with Gasteiger partial charge in [-0.05, 0) is 15.9 Å². The number of aromatic nitrogens is 1. The summed E-state index contributed by atoms with van der Waals surface area (Å²) < 4.78 is 23.9. The fourth-order valence-corrected chi connectivity index (χ4v) is 1.22. The molecule has 1 N–H and O–H groups in total. The second-order valence-electron chi connectivity index (χ2n) is 2.25. The van der Waals surface area contributed by atoms with Gasteiger partial charge in [0.25, 0.3) is 6.43 Å². The van der Waals surface area contributed by atoms with E-state index in [1.807, 2.05) is 0 Å². The van der Waals surface area contributed by atoms with Crippen molar-refractivity contribution in [3.8, 4) is 5.75 Å². The Balaban J connectivity index is 3.33. The summed E-state index contributed by atoms with van der Waals surface area (Å²) in [6, 6.07) is 0. The van der Waals surface area contributed by atoms with Gasteiger partial charge in [0.2, 0.25) is 0 Å². The molecule has 0 aliphatic rings. The van der Waals surface area contributed by atoms with Gasteiger partial charge in [-0.1, -0.05) is 0 Å².